The van der Waals surface area contributed by atoms with E-state index in [9.17, 15) is 31.1 Å². The van der Waals surface area contributed by atoms with Gasteiger partial charge >= 0.3 is 12.5 Å². The SMILES string of the molecule is O=Cc1cnc(OC(F)(F)F)c(C(F)(F)F)c1Br. The van der Waals surface area contributed by atoms with E-state index in [-0.39, 0.29) is 6.29 Å². The Balaban J connectivity index is 3.44. The standard InChI is InChI=1S/C8H2BrF6NO2/c9-5-3(2-17)1-16-6(18-8(13,14)15)4(5)7(10,11)12/h1-2H. The number of aromatic nitrogens is 1. The second kappa shape index (κ2) is 4.75. The van der Waals surface area contributed by atoms with Crippen LogP contribution in [0.2, 0.25) is 0 Å². The number of alkyl halides is 6. The maximum atomic E-state index is 12.6. The summed E-state index contributed by atoms with van der Waals surface area (Å²) in [5.41, 5.74) is -2.35. The molecule has 0 aliphatic carbocycles. The molecule has 0 radical (unpaired) electrons. The number of pyridine rings is 1. The minimum absolute atomic E-state index is 0.0176. The van der Waals surface area contributed by atoms with Gasteiger partial charge in [0.15, 0.2) is 6.29 Å². The highest BCUT2D eigenvalue weighted by Gasteiger charge is 2.42. The fourth-order valence-electron chi connectivity index (χ4n) is 1.00. The molecular weight excluding hydrogens is 336 g/mol. The van der Waals surface area contributed by atoms with Crippen LogP contribution in [0.5, 0.6) is 5.88 Å². The Morgan fingerprint density at radius 2 is 1.78 bits per heavy atom. The van der Waals surface area contributed by atoms with Gasteiger partial charge in [0, 0.05) is 16.2 Å². The van der Waals surface area contributed by atoms with Gasteiger partial charge in [-0.05, 0) is 15.9 Å². The number of ether oxygens (including phenoxy) is 1. The molecule has 0 amide bonds. The first-order valence-electron chi connectivity index (χ1n) is 4.03. The Morgan fingerprint density at radius 1 is 1.22 bits per heavy atom. The van der Waals surface area contributed by atoms with E-state index in [4.69, 9.17) is 0 Å². The lowest BCUT2D eigenvalue weighted by atomic mass is 10.2. The van der Waals surface area contributed by atoms with Crippen molar-refractivity contribution < 1.29 is 35.9 Å². The lowest BCUT2D eigenvalue weighted by molar-refractivity contribution is -0.277. The third-order valence-corrected chi connectivity index (χ3v) is 2.48. The molecule has 1 rings (SSSR count). The molecule has 0 saturated carbocycles. The molecule has 1 aromatic rings. The van der Waals surface area contributed by atoms with Gasteiger partial charge in [-0.2, -0.15) is 13.2 Å². The van der Waals surface area contributed by atoms with Crippen LogP contribution in [0, 0.1) is 0 Å². The van der Waals surface area contributed by atoms with Gasteiger partial charge < -0.3 is 4.74 Å². The highest BCUT2D eigenvalue weighted by molar-refractivity contribution is 9.10. The van der Waals surface area contributed by atoms with E-state index in [0.29, 0.717) is 6.20 Å². The van der Waals surface area contributed by atoms with Gasteiger partial charge in [-0.1, -0.05) is 0 Å². The van der Waals surface area contributed by atoms with Gasteiger partial charge in [0.25, 0.3) is 0 Å². The van der Waals surface area contributed by atoms with Gasteiger partial charge in [-0.3, -0.25) is 4.79 Å². The van der Waals surface area contributed by atoms with Crippen LogP contribution in [0.1, 0.15) is 15.9 Å². The predicted molar refractivity (Wildman–Crippen MR) is 49.0 cm³/mol. The molecule has 100 valence electrons. The number of aldehydes is 1. The van der Waals surface area contributed by atoms with E-state index in [1.807, 2.05) is 0 Å². The minimum atomic E-state index is -5.32. The summed E-state index contributed by atoms with van der Waals surface area (Å²) in [5, 5.41) is 0. The van der Waals surface area contributed by atoms with Crippen molar-refractivity contribution in [2.75, 3.05) is 0 Å². The zero-order valence-corrected chi connectivity index (χ0v) is 9.65. The first-order valence-corrected chi connectivity index (χ1v) is 4.82. The molecule has 3 nitrogen and oxygen atoms in total. The molecule has 10 heteroatoms. The molecule has 0 saturated heterocycles. The van der Waals surface area contributed by atoms with Crippen LogP contribution in [0.25, 0.3) is 0 Å². The van der Waals surface area contributed by atoms with E-state index in [0.717, 1.165) is 0 Å². The molecule has 0 atom stereocenters. The van der Waals surface area contributed by atoms with Gasteiger partial charge in [0.1, 0.15) is 5.56 Å². The van der Waals surface area contributed by atoms with Crippen molar-refractivity contribution in [3.05, 3.63) is 21.8 Å². The van der Waals surface area contributed by atoms with Crippen LogP contribution in [-0.4, -0.2) is 17.6 Å². The molecule has 0 aromatic carbocycles. The molecule has 0 N–H and O–H groups in total. The van der Waals surface area contributed by atoms with Crippen molar-refractivity contribution in [3.8, 4) is 5.88 Å². The van der Waals surface area contributed by atoms with Crippen LogP contribution in [0.3, 0.4) is 0 Å². The molecule has 0 aliphatic heterocycles. The molecular formula is C8H2BrF6NO2. The number of carbonyl (C=O) groups excluding carboxylic acids is 1. The van der Waals surface area contributed by atoms with Crippen molar-refractivity contribution >= 4 is 22.2 Å². The summed E-state index contributed by atoms with van der Waals surface area (Å²) < 4.78 is 75.7. The third-order valence-electron chi connectivity index (χ3n) is 1.63. The van der Waals surface area contributed by atoms with Crippen molar-refractivity contribution in [2.45, 2.75) is 12.5 Å². The Labute approximate surface area is 104 Å². The predicted octanol–water partition coefficient (Wildman–Crippen LogP) is 3.57. The number of hydrogen-bond donors (Lipinski definition) is 0. The normalized spacial score (nSPS) is 12.4. The number of hydrogen-bond acceptors (Lipinski definition) is 3. The lowest BCUT2D eigenvalue weighted by Crippen LogP contribution is -2.21. The number of rotatable bonds is 2. The first kappa shape index (κ1) is 14.7. The molecule has 1 aromatic heterocycles. The van der Waals surface area contributed by atoms with Crippen LogP contribution >= 0.6 is 15.9 Å². The Kier molecular flexibility index (Phi) is 3.89. The van der Waals surface area contributed by atoms with Gasteiger partial charge in [0.2, 0.25) is 5.88 Å². The summed E-state index contributed by atoms with van der Waals surface area (Å²) >= 11 is 2.40. The monoisotopic (exact) mass is 337 g/mol. The second-order valence-electron chi connectivity index (χ2n) is 2.87. The second-order valence-corrected chi connectivity index (χ2v) is 3.66. The molecule has 0 spiro atoms. The molecule has 1 heterocycles. The molecule has 0 bridgehead atoms. The average molecular weight is 338 g/mol. The Morgan fingerprint density at radius 3 is 2.17 bits per heavy atom. The number of halogens is 7. The smallest absolute Gasteiger partial charge is 0.387 e. The summed E-state index contributed by atoms with van der Waals surface area (Å²) in [6, 6.07) is 0. The highest BCUT2D eigenvalue weighted by Crippen LogP contribution is 2.42. The van der Waals surface area contributed by atoms with Gasteiger partial charge in [-0.25, -0.2) is 4.98 Å². The zero-order chi connectivity index (χ0) is 14.1. The fourth-order valence-corrected chi connectivity index (χ4v) is 1.59. The zero-order valence-electron chi connectivity index (χ0n) is 8.06. The summed E-state index contributed by atoms with van der Waals surface area (Å²) in [5.74, 6) is -1.67. The van der Waals surface area contributed by atoms with Crippen LogP contribution in [0.15, 0.2) is 10.7 Å². The largest absolute Gasteiger partial charge is 0.574 e. The third kappa shape index (κ3) is 3.34. The van der Waals surface area contributed by atoms with E-state index in [1.54, 1.807) is 0 Å². The molecule has 0 aliphatic rings. The van der Waals surface area contributed by atoms with E-state index in [2.05, 4.69) is 25.7 Å². The summed E-state index contributed by atoms with van der Waals surface area (Å²) in [7, 11) is 0. The molecule has 18 heavy (non-hydrogen) atoms. The summed E-state index contributed by atoms with van der Waals surface area (Å²) in [4.78, 5) is 13.2. The highest BCUT2D eigenvalue weighted by atomic mass is 79.9. The summed E-state index contributed by atoms with van der Waals surface area (Å²) in [6.45, 7) is 0. The fraction of sp³-hybridized carbons (Fsp3) is 0.250. The van der Waals surface area contributed by atoms with Gasteiger partial charge in [-0.15, -0.1) is 13.2 Å². The molecule has 0 fully saturated rings. The Bertz CT molecular complexity index is 470. The topological polar surface area (TPSA) is 39.2 Å². The minimum Gasteiger partial charge on any atom is -0.387 e. The van der Waals surface area contributed by atoms with Crippen molar-refractivity contribution in [1.29, 1.82) is 0 Å². The molecule has 0 unspecified atom stereocenters. The number of nitrogens with zero attached hydrogens (tertiary/aromatic N) is 1. The van der Waals surface area contributed by atoms with Crippen LogP contribution < -0.4 is 4.74 Å². The summed E-state index contributed by atoms with van der Waals surface area (Å²) in [6.07, 6.45) is -9.93. The first-order chi connectivity index (χ1) is 8.06. The van der Waals surface area contributed by atoms with Crippen molar-refractivity contribution in [1.82, 2.24) is 4.98 Å². The van der Waals surface area contributed by atoms with Crippen molar-refractivity contribution in [2.24, 2.45) is 0 Å². The maximum absolute atomic E-state index is 12.6. The van der Waals surface area contributed by atoms with E-state index >= 15 is 0 Å². The average Bonchev–Trinajstić information content (AvgIpc) is 2.13. The lowest BCUT2D eigenvalue weighted by Gasteiger charge is -2.16. The van der Waals surface area contributed by atoms with Gasteiger partial charge in [0.05, 0.1) is 0 Å². The van der Waals surface area contributed by atoms with Crippen molar-refractivity contribution in [3.63, 3.8) is 0 Å². The number of carbonyl (C=O) groups is 1. The Hall–Kier alpha value is -1.32. The maximum Gasteiger partial charge on any atom is 0.574 e. The van der Waals surface area contributed by atoms with Crippen LogP contribution in [-0.2, 0) is 6.18 Å². The van der Waals surface area contributed by atoms with E-state index < -0.39 is 34.0 Å². The van der Waals surface area contributed by atoms with E-state index in [1.165, 1.54) is 0 Å². The quantitative estimate of drug-likeness (QED) is 0.611. The van der Waals surface area contributed by atoms with Crippen LogP contribution in [0.4, 0.5) is 26.3 Å².